The molecule has 3 rings (SSSR count). The molecule has 0 aromatic heterocycles. The van der Waals surface area contributed by atoms with Crippen molar-refractivity contribution in [3.8, 4) is 0 Å². The van der Waals surface area contributed by atoms with Gasteiger partial charge in [0, 0.05) is 19.5 Å². The minimum Gasteiger partial charge on any atom is -0.444 e. The maximum Gasteiger partial charge on any atom is 0.410 e. The summed E-state index contributed by atoms with van der Waals surface area (Å²) in [6.45, 7) is 5.69. The molecule has 148 valence electrons. The Labute approximate surface area is 155 Å². The smallest absolute Gasteiger partial charge is 0.410 e. The van der Waals surface area contributed by atoms with Crippen LogP contribution >= 0.6 is 0 Å². The molecule has 3 aliphatic rings. The summed E-state index contributed by atoms with van der Waals surface area (Å²) >= 11 is 0. The number of sulfonamides is 1. The van der Waals surface area contributed by atoms with Gasteiger partial charge in [0.05, 0.1) is 5.25 Å². The van der Waals surface area contributed by atoms with Crippen molar-refractivity contribution in [1.29, 1.82) is 0 Å². The van der Waals surface area contributed by atoms with Crippen LogP contribution in [-0.4, -0.2) is 49.3 Å². The van der Waals surface area contributed by atoms with Gasteiger partial charge in [-0.2, -0.15) is 0 Å². The fourth-order valence-electron chi connectivity index (χ4n) is 4.62. The predicted molar refractivity (Wildman–Crippen MR) is 96.8 cm³/mol. The quantitative estimate of drug-likeness (QED) is 0.800. The highest BCUT2D eigenvalue weighted by molar-refractivity contribution is 7.90. The van der Waals surface area contributed by atoms with E-state index in [1.165, 1.54) is 24.2 Å². The Balaban J connectivity index is 1.50. The molecule has 8 heteroatoms. The van der Waals surface area contributed by atoms with E-state index in [0.29, 0.717) is 31.2 Å². The Hall–Kier alpha value is -1.31. The third-order valence-corrected chi connectivity index (χ3v) is 7.60. The number of ether oxygens (including phenoxy) is 1. The molecule has 1 heterocycles. The summed E-state index contributed by atoms with van der Waals surface area (Å²) in [5.74, 6) is 1.23. The van der Waals surface area contributed by atoms with Gasteiger partial charge in [-0.25, -0.2) is 13.2 Å². The number of fused-ring (bicyclic) bond motifs is 2. The number of rotatable bonds is 4. The van der Waals surface area contributed by atoms with E-state index in [2.05, 4.69) is 4.72 Å². The molecule has 0 radical (unpaired) electrons. The lowest BCUT2D eigenvalue weighted by molar-refractivity contribution is -0.120. The van der Waals surface area contributed by atoms with Gasteiger partial charge < -0.3 is 9.64 Å². The molecule has 2 aliphatic carbocycles. The van der Waals surface area contributed by atoms with E-state index < -0.39 is 32.9 Å². The van der Waals surface area contributed by atoms with Gasteiger partial charge in [0.2, 0.25) is 15.9 Å². The van der Waals surface area contributed by atoms with Crippen molar-refractivity contribution in [2.45, 2.75) is 70.1 Å². The van der Waals surface area contributed by atoms with Crippen molar-refractivity contribution in [2.75, 3.05) is 13.1 Å². The Kier molecular flexibility index (Phi) is 5.25. The zero-order valence-corrected chi connectivity index (χ0v) is 16.7. The van der Waals surface area contributed by atoms with Crippen LogP contribution in [-0.2, 0) is 19.6 Å². The Morgan fingerprint density at radius 2 is 1.88 bits per heavy atom. The Morgan fingerprint density at radius 1 is 1.15 bits per heavy atom. The fourth-order valence-corrected chi connectivity index (χ4v) is 5.98. The molecule has 4 atom stereocenters. The predicted octanol–water partition coefficient (Wildman–Crippen LogP) is 2.27. The molecule has 0 spiro atoms. The minimum atomic E-state index is -3.77. The van der Waals surface area contributed by atoms with Crippen molar-refractivity contribution >= 4 is 22.0 Å². The number of hydrogen-bond acceptors (Lipinski definition) is 5. The van der Waals surface area contributed by atoms with Gasteiger partial charge in [0.15, 0.2) is 0 Å². The Bertz CT molecular complexity index is 670. The molecule has 0 aromatic carbocycles. The molecule has 1 N–H and O–H groups in total. The first-order valence-corrected chi connectivity index (χ1v) is 11.1. The number of nitrogens with one attached hydrogen (secondary N) is 1. The minimum absolute atomic E-state index is 0.0612. The molecule has 1 aliphatic heterocycles. The molecule has 2 saturated carbocycles. The van der Waals surface area contributed by atoms with E-state index in [-0.39, 0.29) is 6.54 Å². The molecular weight excluding hydrogens is 356 g/mol. The molecule has 0 aromatic rings. The summed E-state index contributed by atoms with van der Waals surface area (Å²) < 4.78 is 32.6. The normalized spacial score (nSPS) is 31.3. The highest BCUT2D eigenvalue weighted by atomic mass is 32.2. The first-order chi connectivity index (χ1) is 12.0. The van der Waals surface area contributed by atoms with Crippen molar-refractivity contribution in [3.05, 3.63) is 0 Å². The Morgan fingerprint density at radius 3 is 2.46 bits per heavy atom. The number of likely N-dealkylation sites (tertiary alicyclic amines) is 1. The molecule has 2 bridgehead atoms. The van der Waals surface area contributed by atoms with Gasteiger partial charge in [0.25, 0.3) is 0 Å². The summed E-state index contributed by atoms with van der Waals surface area (Å²) in [5, 5.41) is -0.765. The molecule has 0 unspecified atom stereocenters. The van der Waals surface area contributed by atoms with Gasteiger partial charge in [-0.1, -0.05) is 6.42 Å². The number of carbonyl (C=O) groups excluding carboxylic acids is 2. The molecule has 2 amide bonds. The van der Waals surface area contributed by atoms with Crippen LogP contribution in [0.15, 0.2) is 0 Å². The lowest BCUT2D eigenvalue weighted by atomic mass is 9.86. The highest BCUT2D eigenvalue weighted by Crippen LogP contribution is 2.49. The summed E-state index contributed by atoms with van der Waals surface area (Å²) in [4.78, 5) is 25.7. The number of amides is 2. The molecule has 1 saturated heterocycles. The number of nitrogens with zero attached hydrogens (tertiary/aromatic N) is 1. The van der Waals surface area contributed by atoms with Crippen LogP contribution in [0.1, 0.15) is 59.3 Å². The average molecular weight is 387 g/mol. The summed E-state index contributed by atoms with van der Waals surface area (Å²) in [7, 11) is -3.77. The van der Waals surface area contributed by atoms with Gasteiger partial charge in [0.1, 0.15) is 5.60 Å². The monoisotopic (exact) mass is 386 g/mol. The van der Waals surface area contributed by atoms with Crippen LogP contribution in [0.2, 0.25) is 0 Å². The average Bonchev–Trinajstić information content (AvgIpc) is 3.21. The van der Waals surface area contributed by atoms with E-state index in [9.17, 15) is 18.0 Å². The molecule has 3 fully saturated rings. The number of carbonyl (C=O) groups is 2. The standard InChI is InChI=1S/C18H30N2O5S/c1-18(2,3)25-17(22)20-7-6-15(11-20)26(23,24)19-16(21)10-14-9-12-4-5-13(14)8-12/h12-15H,4-11H2,1-3H3,(H,19,21)/t12-,13-,14-,15-/m0/s1. The van der Waals surface area contributed by atoms with Gasteiger partial charge >= 0.3 is 6.09 Å². The first-order valence-electron chi connectivity index (χ1n) is 9.56. The van der Waals surface area contributed by atoms with Gasteiger partial charge in [-0.3, -0.25) is 9.52 Å². The molecule has 26 heavy (non-hydrogen) atoms. The third-order valence-electron chi connectivity index (χ3n) is 5.82. The van der Waals surface area contributed by atoms with E-state index in [4.69, 9.17) is 4.74 Å². The van der Waals surface area contributed by atoms with Crippen LogP contribution in [0.3, 0.4) is 0 Å². The van der Waals surface area contributed by atoms with Crippen LogP contribution in [0, 0.1) is 17.8 Å². The van der Waals surface area contributed by atoms with E-state index >= 15 is 0 Å². The maximum atomic E-state index is 12.5. The second kappa shape index (κ2) is 7.02. The van der Waals surface area contributed by atoms with Crippen LogP contribution in [0.25, 0.3) is 0 Å². The number of hydrogen-bond donors (Lipinski definition) is 1. The van der Waals surface area contributed by atoms with Crippen molar-refractivity contribution in [1.82, 2.24) is 9.62 Å². The van der Waals surface area contributed by atoms with Crippen molar-refractivity contribution < 1.29 is 22.7 Å². The largest absolute Gasteiger partial charge is 0.444 e. The third kappa shape index (κ3) is 4.50. The zero-order chi connectivity index (χ0) is 19.1. The van der Waals surface area contributed by atoms with Gasteiger partial charge in [-0.05, 0) is 64.2 Å². The van der Waals surface area contributed by atoms with Crippen LogP contribution in [0.4, 0.5) is 4.79 Å². The van der Waals surface area contributed by atoms with Gasteiger partial charge in [-0.15, -0.1) is 0 Å². The second-order valence-electron chi connectivity index (χ2n) is 9.05. The van der Waals surface area contributed by atoms with E-state index in [1.54, 1.807) is 20.8 Å². The topological polar surface area (TPSA) is 92.8 Å². The first kappa shape index (κ1) is 19.5. The molecule has 7 nitrogen and oxygen atoms in total. The molecular formula is C18H30N2O5S. The summed E-state index contributed by atoms with van der Waals surface area (Å²) in [6.07, 6.45) is 4.76. The van der Waals surface area contributed by atoms with Crippen molar-refractivity contribution in [3.63, 3.8) is 0 Å². The second-order valence-corrected chi connectivity index (χ2v) is 11.0. The van der Waals surface area contributed by atoms with Crippen LogP contribution in [0.5, 0.6) is 0 Å². The lowest BCUT2D eigenvalue weighted by Gasteiger charge is -2.24. The highest BCUT2D eigenvalue weighted by Gasteiger charge is 2.42. The lowest BCUT2D eigenvalue weighted by Crippen LogP contribution is -2.42. The van der Waals surface area contributed by atoms with E-state index in [1.807, 2.05) is 0 Å². The van der Waals surface area contributed by atoms with Crippen molar-refractivity contribution in [2.24, 2.45) is 17.8 Å². The zero-order valence-electron chi connectivity index (χ0n) is 15.9. The maximum absolute atomic E-state index is 12.5. The summed E-state index contributed by atoms with van der Waals surface area (Å²) in [5.41, 5.74) is -0.622. The summed E-state index contributed by atoms with van der Waals surface area (Å²) in [6, 6.07) is 0. The fraction of sp³-hybridized carbons (Fsp3) is 0.889. The SMILES string of the molecule is CC(C)(C)OC(=O)N1CC[C@H](S(=O)(=O)NC(=O)C[C@@H]2C[C@H]3CC[C@H]2C3)C1. The van der Waals surface area contributed by atoms with Crippen LogP contribution < -0.4 is 4.72 Å². The van der Waals surface area contributed by atoms with E-state index in [0.717, 1.165) is 12.3 Å².